The number of aliphatic hydroxyl groups excluding tert-OH is 1. The molecular weight excluding hydrogens is 260 g/mol. The number of hydrogen-bond donors (Lipinski definition) is 2. The van der Waals surface area contributed by atoms with Gasteiger partial charge in [-0.1, -0.05) is 33.1 Å². The zero-order valence-corrected chi connectivity index (χ0v) is 14.1. The summed E-state index contributed by atoms with van der Waals surface area (Å²) in [5.74, 6) is 2.25. The van der Waals surface area contributed by atoms with Gasteiger partial charge in [-0.05, 0) is 49.9 Å². The largest absolute Gasteiger partial charge is 0.395 e. The molecule has 124 valence electrons. The Balaban J connectivity index is 1.93. The molecule has 0 aliphatic heterocycles. The maximum absolute atomic E-state index is 9.43. The van der Waals surface area contributed by atoms with Crippen LogP contribution in [0.25, 0.3) is 0 Å². The van der Waals surface area contributed by atoms with E-state index in [1.807, 2.05) is 0 Å². The normalized spacial score (nSPS) is 32.0. The Bertz CT molecular complexity index is 289. The van der Waals surface area contributed by atoms with E-state index in [4.69, 9.17) is 5.73 Å². The summed E-state index contributed by atoms with van der Waals surface area (Å²) in [4.78, 5) is 2.56. The maximum Gasteiger partial charge on any atom is 0.0558 e. The SMILES string of the molecule is CC(C)C1CCC(N)C(CN(CCO)C2CCCCC2)C1. The minimum absolute atomic E-state index is 0.284. The van der Waals surface area contributed by atoms with Crippen molar-refractivity contribution in [3.63, 3.8) is 0 Å². The van der Waals surface area contributed by atoms with Crippen LogP contribution in [0.15, 0.2) is 0 Å². The van der Waals surface area contributed by atoms with E-state index in [2.05, 4.69) is 18.7 Å². The standard InChI is InChI=1S/C18H36N2O/c1-14(2)15-8-9-18(19)16(12-15)13-20(10-11-21)17-6-4-3-5-7-17/h14-18,21H,3-13,19H2,1-2H3. The number of nitrogens with two attached hydrogens (primary N) is 1. The predicted octanol–water partition coefficient (Wildman–Crippen LogP) is 3.01. The minimum Gasteiger partial charge on any atom is -0.395 e. The Labute approximate surface area is 131 Å². The quantitative estimate of drug-likeness (QED) is 0.792. The predicted molar refractivity (Wildman–Crippen MR) is 89.2 cm³/mol. The lowest BCUT2D eigenvalue weighted by Crippen LogP contribution is -2.48. The molecule has 0 spiro atoms. The maximum atomic E-state index is 9.43. The van der Waals surface area contributed by atoms with Crippen molar-refractivity contribution in [2.24, 2.45) is 23.5 Å². The van der Waals surface area contributed by atoms with Crippen molar-refractivity contribution in [2.45, 2.75) is 77.3 Å². The number of aliphatic hydroxyl groups is 1. The summed E-state index contributed by atoms with van der Waals surface area (Å²) < 4.78 is 0. The number of nitrogens with zero attached hydrogens (tertiary/aromatic N) is 1. The fourth-order valence-corrected chi connectivity index (χ4v) is 4.44. The molecule has 21 heavy (non-hydrogen) atoms. The lowest BCUT2D eigenvalue weighted by atomic mass is 9.73. The first-order chi connectivity index (χ1) is 10.1. The second kappa shape index (κ2) is 8.50. The van der Waals surface area contributed by atoms with Crippen LogP contribution in [0.3, 0.4) is 0 Å². The lowest BCUT2D eigenvalue weighted by molar-refractivity contribution is 0.0768. The van der Waals surface area contributed by atoms with Crippen molar-refractivity contribution in [1.82, 2.24) is 4.90 Å². The Hall–Kier alpha value is -0.120. The van der Waals surface area contributed by atoms with Gasteiger partial charge in [-0.15, -0.1) is 0 Å². The summed E-state index contributed by atoms with van der Waals surface area (Å²) in [6.45, 7) is 6.93. The summed E-state index contributed by atoms with van der Waals surface area (Å²) >= 11 is 0. The highest BCUT2D eigenvalue weighted by Gasteiger charge is 2.32. The van der Waals surface area contributed by atoms with Crippen molar-refractivity contribution in [1.29, 1.82) is 0 Å². The van der Waals surface area contributed by atoms with E-state index in [0.717, 1.165) is 24.9 Å². The van der Waals surface area contributed by atoms with Crippen LogP contribution in [0, 0.1) is 17.8 Å². The van der Waals surface area contributed by atoms with Gasteiger partial charge in [0.05, 0.1) is 6.61 Å². The van der Waals surface area contributed by atoms with E-state index in [0.29, 0.717) is 18.0 Å². The first-order valence-corrected chi connectivity index (χ1v) is 9.22. The zero-order valence-electron chi connectivity index (χ0n) is 14.1. The third-order valence-corrected chi connectivity index (χ3v) is 5.97. The summed E-state index contributed by atoms with van der Waals surface area (Å²) in [6, 6.07) is 1.06. The van der Waals surface area contributed by atoms with Crippen LogP contribution in [0.5, 0.6) is 0 Å². The first kappa shape index (κ1) is 17.2. The number of hydrogen-bond acceptors (Lipinski definition) is 3. The van der Waals surface area contributed by atoms with Crippen LogP contribution >= 0.6 is 0 Å². The zero-order chi connectivity index (χ0) is 15.2. The van der Waals surface area contributed by atoms with E-state index >= 15 is 0 Å². The van der Waals surface area contributed by atoms with Crippen LogP contribution in [-0.4, -0.2) is 41.8 Å². The molecule has 3 atom stereocenters. The van der Waals surface area contributed by atoms with E-state index in [-0.39, 0.29) is 6.61 Å². The van der Waals surface area contributed by atoms with Gasteiger partial charge in [-0.2, -0.15) is 0 Å². The fourth-order valence-electron chi connectivity index (χ4n) is 4.44. The average Bonchev–Trinajstić information content (AvgIpc) is 2.49. The van der Waals surface area contributed by atoms with Gasteiger partial charge in [0.25, 0.3) is 0 Å². The molecule has 3 unspecified atom stereocenters. The van der Waals surface area contributed by atoms with E-state index < -0.39 is 0 Å². The fraction of sp³-hybridized carbons (Fsp3) is 1.00. The highest BCUT2D eigenvalue weighted by Crippen LogP contribution is 2.34. The number of rotatable bonds is 6. The lowest BCUT2D eigenvalue weighted by Gasteiger charge is -2.41. The molecule has 0 aromatic carbocycles. The second-order valence-electron chi connectivity index (χ2n) is 7.75. The third-order valence-electron chi connectivity index (χ3n) is 5.97. The Kier molecular flexibility index (Phi) is 6.97. The molecule has 3 N–H and O–H groups in total. The highest BCUT2D eigenvalue weighted by molar-refractivity contribution is 4.87. The van der Waals surface area contributed by atoms with Crippen molar-refractivity contribution in [2.75, 3.05) is 19.7 Å². The van der Waals surface area contributed by atoms with Gasteiger partial charge in [0.2, 0.25) is 0 Å². The van der Waals surface area contributed by atoms with Crippen LogP contribution < -0.4 is 5.73 Å². The van der Waals surface area contributed by atoms with Gasteiger partial charge in [0, 0.05) is 25.2 Å². The summed E-state index contributed by atoms with van der Waals surface area (Å²) in [6.07, 6.45) is 10.5. The van der Waals surface area contributed by atoms with Crippen molar-refractivity contribution in [3.8, 4) is 0 Å². The third kappa shape index (κ3) is 4.94. The van der Waals surface area contributed by atoms with Gasteiger partial charge < -0.3 is 10.8 Å². The molecule has 2 aliphatic rings. The van der Waals surface area contributed by atoms with E-state index in [9.17, 15) is 5.11 Å². The van der Waals surface area contributed by atoms with Crippen molar-refractivity contribution in [3.05, 3.63) is 0 Å². The van der Waals surface area contributed by atoms with Gasteiger partial charge in [0.1, 0.15) is 0 Å². The van der Waals surface area contributed by atoms with Crippen molar-refractivity contribution >= 4 is 0 Å². The first-order valence-electron chi connectivity index (χ1n) is 9.22. The van der Waals surface area contributed by atoms with Crippen LogP contribution in [0.1, 0.15) is 65.2 Å². The van der Waals surface area contributed by atoms with Gasteiger partial charge in [0.15, 0.2) is 0 Å². The molecule has 0 bridgehead atoms. The molecule has 0 saturated heterocycles. The van der Waals surface area contributed by atoms with Crippen LogP contribution in [-0.2, 0) is 0 Å². The molecule has 0 aromatic heterocycles. The molecule has 2 fully saturated rings. The van der Waals surface area contributed by atoms with Gasteiger partial charge in [-0.25, -0.2) is 0 Å². The molecule has 0 radical (unpaired) electrons. The molecule has 0 aromatic rings. The summed E-state index contributed by atoms with van der Waals surface area (Å²) in [5, 5.41) is 9.43. The smallest absolute Gasteiger partial charge is 0.0558 e. The molecule has 2 aliphatic carbocycles. The minimum atomic E-state index is 0.284. The molecule has 0 heterocycles. The molecule has 2 saturated carbocycles. The molecule has 3 heteroatoms. The van der Waals surface area contributed by atoms with Crippen molar-refractivity contribution < 1.29 is 5.11 Å². The van der Waals surface area contributed by atoms with Gasteiger partial charge in [-0.3, -0.25) is 4.90 Å². The van der Waals surface area contributed by atoms with Gasteiger partial charge >= 0.3 is 0 Å². The Morgan fingerprint density at radius 3 is 2.43 bits per heavy atom. The Morgan fingerprint density at radius 2 is 1.81 bits per heavy atom. The molecule has 0 amide bonds. The average molecular weight is 296 g/mol. The second-order valence-corrected chi connectivity index (χ2v) is 7.75. The summed E-state index contributed by atoms with van der Waals surface area (Å²) in [5.41, 5.74) is 6.43. The monoisotopic (exact) mass is 296 g/mol. The van der Waals surface area contributed by atoms with E-state index in [1.165, 1.54) is 51.4 Å². The summed E-state index contributed by atoms with van der Waals surface area (Å²) in [7, 11) is 0. The Morgan fingerprint density at radius 1 is 1.10 bits per heavy atom. The molecular formula is C18H36N2O. The van der Waals surface area contributed by atoms with Crippen LogP contribution in [0.2, 0.25) is 0 Å². The van der Waals surface area contributed by atoms with Crippen LogP contribution in [0.4, 0.5) is 0 Å². The topological polar surface area (TPSA) is 49.5 Å². The van der Waals surface area contributed by atoms with E-state index in [1.54, 1.807) is 0 Å². The molecule has 2 rings (SSSR count). The highest BCUT2D eigenvalue weighted by atomic mass is 16.3. The molecule has 3 nitrogen and oxygen atoms in total.